The number of ketones is 1. The van der Waals surface area contributed by atoms with E-state index in [1.165, 1.54) is 32.1 Å². The van der Waals surface area contributed by atoms with Gasteiger partial charge in [0, 0.05) is 6.61 Å². The van der Waals surface area contributed by atoms with Crippen molar-refractivity contribution in [3.63, 3.8) is 0 Å². The number of carbonyl (C=O) groups excluding carboxylic acids is 1. The molecule has 2 aliphatic rings. The Hall–Kier alpha value is -0.450. The standard InChI is InChI=1S/C15H26O4/c1-3-5-6-7-8-9-10-11-12(16)13-14(19-13)15(18-11)17-4-2/h11,13-15H,3-10H2,1-2H3. The van der Waals surface area contributed by atoms with Crippen LogP contribution in [0.2, 0.25) is 0 Å². The van der Waals surface area contributed by atoms with Crippen LogP contribution in [-0.4, -0.2) is 37.0 Å². The Kier molecular flexibility index (Phi) is 5.79. The second-order valence-electron chi connectivity index (χ2n) is 5.43. The number of epoxide rings is 1. The van der Waals surface area contributed by atoms with Gasteiger partial charge in [-0.25, -0.2) is 0 Å². The summed E-state index contributed by atoms with van der Waals surface area (Å²) in [6, 6.07) is 0. The molecule has 0 N–H and O–H groups in total. The molecule has 4 heteroatoms. The summed E-state index contributed by atoms with van der Waals surface area (Å²) in [4.78, 5) is 12.0. The van der Waals surface area contributed by atoms with Crippen LogP contribution in [-0.2, 0) is 19.0 Å². The van der Waals surface area contributed by atoms with Crippen molar-refractivity contribution in [1.29, 1.82) is 0 Å². The Morgan fingerprint density at radius 3 is 2.53 bits per heavy atom. The Morgan fingerprint density at radius 1 is 1.05 bits per heavy atom. The lowest BCUT2D eigenvalue weighted by atomic mass is 10.00. The summed E-state index contributed by atoms with van der Waals surface area (Å²) in [6.45, 7) is 4.74. The number of hydrogen-bond donors (Lipinski definition) is 0. The molecule has 2 heterocycles. The highest BCUT2D eigenvalue weighted by molar-refractivity contribution is 5.90. The average Bonchev–Trinajstić information content (AvgIpc) is 3.19. The summed E-state index contributed by atoms with van der Waals surface area (Å²) in [5.41, 5.74) is 0. The molecule has 0 aromatic rings. The van der Waals surface area contributed by atoms with Crippen LogP contribution in [0, 0.1) is 0 Å². The molecule has 4 unspecified atom stereocenters. The molecule has 2 aliphatic heterocycles. The molecule has 0 saturated carbocycles. The van der Waals surface area contributed by atoms with E-state index in [1.54, 1.807) is 0 Å². The van der Waals surface area contributed by atoms with Gasteiger partial charge < -0.3 is 14.2 Å². The van der Waals surface area contributed by atoms with Gasteiger partial charge in [0.15, 0.2) is 18.2 Å². The molecule has 0 aromatic carbocycles. The minimum absolute atomic E-state index is 0.120. The highest BCUT2D eigenvalue weighted by Gasteiger charge is 2.57. The van der Waals surface area contributed by atoms with Gasteiger partial charge in [-0.15, -0.1) is 0 Å². The summed E-state index contributed by atoms with van der Waals surface area (Å²) >= 11 is 0. The van der Waals surface area contributed by atoms with E-state index in [9.17, 15) is 4.79 Å². The van der Waals surface area contributed by atoms with Gasteiger partial charge in [0.05, 0.1) is 0 Å². The second kappa shape index (κ2) is 7.36. The molecular formula is C15H26O4. The fourth-order valence-corrected chi connectivity index (χ4v) is 2.67. The molecule has 110 valence electrons. The molecule has 2 saturated heterocycles. The first-order chi connectivity index (χ1) is 9.27. The molecule has 4 nitrogen and oxygen atoms in total. The van der Waals surface area contributed by atoms with E-state index in [0.29, 0.717) is 6.61 Å². The largest absolute Gasteiger partial charge is 0.356 e. The van der Waals surface area contributed by atoms with Gasteiger partial charge in [-0.05, 0) is 13.3 Å². The Bertz CT molecular complexity index is 292. The molecule has 0 bridgehead atoms. The lowest BCUT2D eigenvalue weighted by molar-refractivity contribution is -0.190. The van der Waals surface area contributed by atoms with Crippen LogP contribution >= 0.6 is 0 Å². The SMILES string of the molecule is CCCCCCCCC1OC(OCC)C2OC2C1=O. The van der Waals surface area contributed by atoms with Crippen LogP contribution in [0.4, 0.5) is 0 Å². The zero-order chi connectivity index (χ0) is 13.7. The van der Waals surface area contributed by atoms with Gasteiger partial charge in [-0.2, -0.15) is 0 Å². The van der Waals surface area contributed by atoms with E-state index >= 15 is 0 Å². The van der Waals surface area contributed by atoms with E-state index in [4.69, 9.17) is 14.2 Å². The fraction of sp³-hybridized carbons (Fsp3) is 0.933. The number of fused-ring (bicyclic) bond motifs is 1. The summed E-state index contributed by atoms with van der Waals surface area (Å²) in [5.74, 6) is 0.120. The Morgan fingerprint density at radius 2 is 1.79 bits per heavy atom. The normalized spacial score (nSPS) is 33.3. The van der Waals surface area contributed by atoms with Gasteiger partial charge >= 0.3 is 0 Å². The molecule has 19 heavy (non-hydrogen) atoms. The fourth-order valence-electron chi connectivity index (χ4n) is 2.67. The number of Topliss-reactive ketones (excluding diaryl/α,β-unsaturated/α-hetero) is 1. The van der Waals surface area contributed by atoms with Crippen molar-refractivity contribution in [2.45, 2.75) is 83.4 Å². The van der Waals surface area contributed by atoms with E-state index in [2.05, 4.69) is 6.92 Å². The number of rotatable bonds is 9. The summed E-state index contributed by atoms with van der Waals surface area (Å²) in [7, 11) is 0. The van der Waals surface area contributed by atoms with Crippen LogP contribution in [0.15, 0.2) is 0 Å². The van der Waals surface area contributed by atoms with E-state index in [1.807, 2.05) is 6.92 Å². The topological polar surface area (TPSA) is 48.1 Å². The van der Waals surface area contributed by atoms with Crippen LogP contribution < -0.4 is 0 Å². The summed E-state index contributed by atoms with van der Waals surface area (Å²) in [5, 5.41) is 0. The van der Waals surface area contributed by atoms with Gasteiger partial charge in [-0.3, -0.25) is 4.79 Å². The number of ether oxygens (including phenoxy) is 3. The molecular weight excluding hydrogens is 244 g/mol. The quantitative estimate of drug-likeness (QED) is 0.477. The zero-order valence-electron chi connectivity index (χ0n) is 12.1. The zero-order valence-corrected chi connectivity index (χ0v) is 12.1. The first-order valence-electron chi connectivity index (χ1n) is 7.74. The maximum atomic E-state index is 12.0. The first kappa shape index (κ1) is 14.9. The third-order valence-electron chi connectivity index (χ3n) is 3.84. The predicted octanol–water partition coefficient (Wildman–Crippen LogP) is 2.83. The van der Waals surface area contributed by atoms with Crippen molar-refractivity contribution in [1.82, 2.24) is 0 Å². The predicted molar refractivity (Wildman–Crippen MR) is 71.9 cm³/mol. The second-order valence-corrected chi connectivity index (χ2v) is 5.43. The molecule has 2 rings (SSSR count). The molecule has 0 aromatic heterocycles. The van der Waals surface area contributed by atoms with Gasteiger partial charge in [-0.1, -0.05) is 45.4 Å². The van der Waals surface area contributed by atoms with Gasteiger partial charge in [0.25, 0.3) is 0 Å². The third-order valence-corrected chi connectivity index (χ3v) is 3.84. The molecule has 0 radical (unpaired) electrons. The van der Waals surface area contributed by atoms with E-state index in [0.717, 1.165) is 12.8 Å². The van der Waals surface area contributed by atoms with Crippen LogP contribution in [0.25, 0.3) is 0 Å². The molecule has 2 fully saturated rings. The lowest BCUT2D eigenvalue weighted by Crippen LogP contribution is -2.43. The van der Waals surface area contributed by atoms with Crippen molar-refractivity contribution < 1.29 is 19.0 Å². The van der Waals surface area contributed by atoms with Gasteiger partial charge in [0.2, 0.25) is 0 Å². The Balaban J connectivity index is 1.66. The van der Waals surface area contributed by atoms with E-state index in [-0.39, 0.29) is 30.4 Å². The van der Waals surface area contributed by atoms with Crippen LogP contribution in [0.3, 0.4) is 0 Å². The Labute approximate surface area is 115 Å². The minimum Gasteiger partial charge on any atom is -0.356 e. The molecule has 0 spiro atoms. The van der Waals surface area contributed by atoms with Crippen molar-refractivity contribution in [2.24, 2.45) is 0 Å². The summed E-state index contributed by atoms with van der Waals surface area (Å²) < 4.78 is 16.5. The first-order valence-corrected chi connectivity index (χ1v) is 7.74. The van der Waals surface area contributed by atoms with E-state index < -0.39 is 0 Å². The smallest absolute Gasteiger partial charge is 0.193 e. The maximum absolute atomic E-state index is 12.0. The molecule has 0 amide bonds. The lowest BCUT2D eigenvalue weighted by Gasteiger charge is -2.25. The van der Waals surface area contributed by atoms with Crippen molar-refractivity contribution in [2.75, 3.05) is 6.61 Å². The highest BCUT2D eigenvalue weighted by Crippen LogP contribution is 2.36. The van der Waals surface area contributed by atoms with Gasteiger partial charge in [0.1, 0.15) is 12.2 Å². The van der Waals surface area contributed by atoms with Crippen LogP contribution in [0.5, 0.6) is 0 Å². The number of carbonyl (C=O) groups is 1. The third kappa shape index (κ3) is 4.01. The monoisotopic (exact) mass is 270 g/mol. The summed E-state index contributed by atoms with van der Waals surface area (Å²) in [6.07, 6.45) is 7.12. The number of unbranched alkanes of at least 4 members (excludes halogenated alkanes) is 5. The number of hydrogen-bond acceptors (Lipinski definition) is 4. The minimum atomic E-state index is -0.335. The van der Waals surface area contributed by atoms with Crippen molar-refractivity contribution >= 4 is 5.78 Å². The average molecular weight is 270 g/mol. The van der Waals surface area contributed by atoms with Crippen molar-refractivity contribution in [3.8, 4) is 0 Å². The maximum Gasteiger partial charge on any atom is 0.193 e. The molecule has 0 aliphatic carbocycles. The van der Waals surface area contributed by atoms with Crippen LogP contribution in [0.1, 0.15) is 58.8 Å². The van der Waals surface area contributed by atoms with Crippen molar-refractivity contribution in [3.05, 3.63) is 0 Å². The highest BCUT2D eigenvalue weighted by atomic mass is 16.7. The molecule has 4 atom stereocenters.